The summed E-state index contributed by atoms with van der Waals surface area (Å²) in [4.78, 5) is 28.3. The zero-order valence-corrected chi connectivity index (χ0v) is 12.9. The van der Waals surface area contributed by atoms with E-state index in [1.807, 2.05) is 14.1 Å². The summed E-state index contributed by atoms with van der Waals surface area (Å²) < 4.78 is 37.8. The van der Waals surface area contributed by atoms with Crippen molar-refractivity contribution in [2.75, 3.05) is 33.7 Å². The Balaban J connectivity index is 1.99. The first kappa shape index (κ1) is 17.1. The first-order valence-corrected chi connectivity index (χ1v) is 7.55. The molecule has 0 radical (unpaired) electrons. The molecule has 0 saturated carbocycles. The van der Waals surface area contributed by atoms with Crippen LogP contribution in [0, 0.1) is 0 Å². The topological polar surface area (TPSA) is 43.9 Å². The quantitative estimate of drug-likeness (QED) is 0.765. The van der Waals surface area contributed by atoms with Gasteiger partial charge in [-0.3, -0.25) is 9.59 Å². The maximum atomic E-state index is 12.6. The summed E-state index contributed by atoms with van der Waals surface area (Å²) in [5.74, 6) is -2.24. The molecule has 0 spiro atoms. The third-order valence-corrected chi connectivity index (χ3v) is 4.55. The summed E-state index contributed by atoms with van der Waals surface area (Å²) in [7, 11) is 3.95. The number of rotatable bonds is 2. The van der Waals surface area contributed by atoms with Crippen LogP contribution in [0.2, 0.25) is 0 Å². The number of likely N-dealkylation sites (tertiary alicyclic amines) is 2. The monoisotopic (exact) mass is 321 g/mol. The van der Waals surface area contributed by atoms with Crippen LogP contribution < -0.4 is 0 Å². The van der Waals surface area contributed by atoms with Gasteiger partial charge in [-0.25, -0.2) is 0 Å². The van der Waals surface area contributed by atoms with E-state index in [0.717, 1.165) is 12.8 Å². The van der Waals surface area contributed by atoms with E-state index in [9.17, 15) is 22.8 Å². The Kier molecular flexibility index (Phi) is 4.99. The van der Waals surface area contributed by atoms with E-state index in [2.05, 4.69) is 4.90 Å². The average Bonchev–Trinajstić information content (AvgIpc) is 2.93. The van der Waals surface area contributed by atoms with Crippen LogP contribution in [-0.2, 0) is 9.59 Å². The van der Waals surface area contributed by atoms with Gasteiger partial charge >= 0.3 is 12.1 Å². The number of carbonyl (C=O) groups excluding carboxylic acids is 2. The number of piperidine rings is 1. The molecule has 5 nitrogen and oxygen atoms in total. The lowest BCUT2D eigenvalue weighted by Gasteiger charge is -2.37. The van der Waals surface area contributed by atoms with Crippen LogP contribution in [0.4, 0.5) is 13.2 Å². The second kappa shape index (κ2) is 6.44. The Morgan fingerprint density at radius 2 is 1.64 bits per heavy atom. The highest BCUT2D eigenvalue weighted by Gasteiger charge is 2.48. The number of halogens is 3. The molecule has 2 fully saturated rings. The minimum absolute atomic E-state index is 0.00289. The third-order valence-electron chi connectivity index (χ3n) is 4.55. The number of hydrogen-bond donors (Lipinski definition) is 0. The van der Waals surface area contributed by atoms with Crippen molar-refractivity contribution < 1.29 is 22.8 Å². The fourth-order valence-electron chi connectivity index (χ4n) is 3.24. The van der Waals surface area contributed by atoms with Crippen molar-refractivity contribution in [3.05, 3.63) is 0 Å². The van der Waals surface area contributed by atoms with Crippen molar-refractivity contribution in [3.8, 4) is 0 Å². The maximum absolute atomic E-state index is 12.6. The fourth-order valence-corrected chi connectivity index (χ4v) is 3.24. The number of carbonyl (C=O) groups is 2. The Hall–Kier alpha value is -1.31. The second-order valence-corrected chi connectivity index (χ2v) is 6.17. The number of hydrogen-bond acceptors (Lipinski definition) is 3. The van der Waals surface area contributed by atoms with Crippen molar-refractivity contribution in [2.24, 2.45) is 0 Å². The summed E-state index contributed by atoms with van der Waals surface area (Å²) in [6, 6.07) is -0.564. The second-order valence-electron chi connectivity index (χ2n) is 6.17. The molecule has 126 valence electrons. The third kappa shape index (κ3) is 3.53. The van der Waals surface area contributed by atoms with E-state index in [-0.39, 0.29) is 12.5 Å². The van der Waals surface area contributed by atoms with Crippen LogP contribution in [0.3, 0.4) is 0 Å². The molecule has 2 aliphatic rings. The lowest BCUT2D eigenvalue weighted by molar-refractivity contribution is -0.187. The Morgan fingerprint density at radius 1 is 1.05 bits per heavy atom. The van der Waals surface area contributed by atoms with E-state index < -0.39 is 18.1 Å². The van der Waals surface area contributed by atoms with Gasteiger partial charge in [0, 0.05) is 25.7 Å². The van der Waals surface area contributed by atoms with E-state index in [0.29, 0.717) is 36.9 Å². The average molecular weight is 321 g/mol. The van der Waals surface area contributed by atoms with Crippen molar-refractivity contribution in [1.82, 2.24) is 14.7 Å². The van der Waals surface area contributed by atoms with Gasteiger partial charge in [0.25, 0.3) is 0 Å². The Bertz CT molecular complexity index is 432. The molecule has 0 aromatic carbocycles. The minimum Gasteiger partial charge on any atom is -0.341 e. The Labute approximate surface area is 128 Å². The van der Waals surface area contributed by atoms with Gasteiger partial charge in [0.05, 0.1) is 0 Å². The van der Waals surface area contributed by atoms with Gasteiger partial charge in [-0.1, -0.05) is 0 Å². The van der Waals surface area contributed by atoms with E-state index in [1.54, 1.807) is 4.90 Å². The first-order chi connectivity index (χ1) is 10.2. The normalized spacial score (nSPS) is 24.2. The summed E-state index contributed by atoms with van der Waals surface area (Å²) in [5, 5.41) is 0. The lowest BCUT2D eigenvalue weighted by Crippen LogP contribution is -2.53. The van der Waals surface area contributed by atoms with Gasteiger partial charge < -0.3 is 14.7 Å². The Morgan fingerprint density at radius 3 is 2.14 bits per heavy atom. The summed E-state index contributed by atoms with van der Waals surface area (Å²) in [6.07, 6.45) is -2.56. The first-order valence-electron chi connectivity index (χ1n) is 7.55. The zero-order chi connectivity index (χ0) is 16.5. The fraction of sp³-hybridized carbons (Fsp3) is 0.857. The highest BCUT2D eigenvalue weighted by atomic mass is 19.4. The number of amides is 2. The molecule has 0 aliphatic carbocycles. The minimum atomic E-state index is -4.92. The molecule has 0 aromatic heterocycles. The van der Waals surface area contributed by atoms with Gasteiger partial charge in [0.2, 0.25) is 5.91 Å². The molecule has 2 aliphatic heterocycles. The van der Waals surface area contributed by atoms with Crippen LogP contribution in [0.25, 0.3) is 0 Å². The van der Waals surface area contributed by atoms with Gasteiger partial charge in [0.15, 0.2) is 0 Å². The van der Waals surface area contributed by atoms with Crippen LogP contribution in [0.15, 0.2) is 0 Å². The summed E-state index contributed by atoms with van der Waals surface area (Å²) in [5.41, 5.74) is 0. The molecule has 0 aromatic rings. The molecule has 2 heterocycles. The highest BCUT2D eigenvalue weighted by Crippen LogP contribution is 2.27. The predicted octanol–water partition coefficient (Wildman–Crippen LogP) is 1.09. The molecule has 2 saturated heterocycles. The number of nitrogens with zero attached hydrogens (tertiary/aromatic N) is 3. The SMILES string of the molecule is CN(C)C1CCN(C(=O)C2CCCN2C(=O)C(F)(F)F)CC1. The van der Waals surface area contributed by atoms with Crippen LogP contribution in [-0.4, -0.2) is 78.5 Å². The van der Waals surface area contributed by atoms with Crippen LogP contribution in [0.5, 0.6) is 0 Å². The van der Waals surface area contributed by atoms with Gasteiger partial charge in [-0.05, 0) is 39.8 Å². The molecule has 0 bridgehead atoms. The van der Waals surface area contributed by atoms with Crippen LogP contribution in [0.1, 0.15) is 25.7 Å². The molecule has 2 amide bonds. The highest BCUT2D eigenvalue weighted by molar-refractivity contribution is 5.90. The van der Waals surface area contributed by atoms with E-state index >= 15 is 0 Å². The molecular weight excluding hydrogens is 299 g/mol. The zero-order valence-electron chi connectivity index (χ0n) is 12.9. The van der Waals surface area contributed by atoms with Crippen molar-refractivity contribution in [2.45, 2.75) is 43.9 Å². The van der Waals surface area contributed by atoms with Gasteiger partial charge in [-0.2, -0.15) is 13.2 Å². The molecule has 1 atom stereocenters. The molecule has 0 N–H and O–H groups in total. The largest absolute Gasteiger partial charge is 0.471 e. The smallest absolute Gasteiger partial charge is 0.341 e. The van der Waals surface area contributed by atoms with E-state index in [1.165, 1.54) is 0 Å². The van der Waals surface area contributed by atoms with Gasteiger partial charge in [-0.15, -0.1) is 0 Å². The van der Waals surface area contributed by atoms with Gasteiger partial charge in [0.1, 0.15) is 6.04 Å². The predicted molar refractivity (Wildman–Crippen MR) is 74.1 cm³/mol. The molecular formula is C14H22F3N3O2. The van der Waals surface area contributed by atoms with Crippen LogP contribution >= 0.6 is 0 Å². The molecule has 8 heteroatoms. The summed E-state index contributed by atoms with van der Waals surface area (Å²) >= 11 is 0. The molecule has 1 unspecified atom stereocenters. The maximum Gasteiger partial charge on any atom is 0.471 e. The standard InChI is InChI=1S/C14H22F3N3O2/c1-18(2)10-5-8-19(9-6-10)12(21)11-4-3-7-20(11)13(22)14(15,16)17/h10-11H,3-9H2,1-2H3. The van der Waals surface area contributed by atoms with E-state index in [4.69, 9.17) is 0 Å². The lowest BCUT2D eigenvalue weighted by atomic mass is 10.0. The molecule has 22 heavy (non-hydrogen) atoms. The molecule has 2 rings (SSSR count). The van der Waals surface area contributed by atoms with Crippen molar-refractivity contribution >= 4 is 11.8 Å². The van der Waals surface area contributed by atoms with Crippen molar-refractivity contribution in [3.63, 3.8) is 0 Å². The van der Waals surface area contributed by atoms with Crippen molar-refractivity contribution in [1.29, 1.82) is 0 Å². The number of alkyl halides is 3. The summed E-state index contributed by atoms with van der Waals surface area (Å²) in [6.45, 7) is 1.07.